The van der Waals surface area contributed by atoms with E-state index in [0.717, 1.165) is 38.8 Å². The minimum atomic E-state index is -4.07. The molecule has 0 radical (unpaired) electrons. The molecular formula is C27H42N2O4S. The molecule has 2 rings (SSSR count). The van der Waals surface area contributed by atoms with Gasteiger partial charge in [0.1, 0.15) is 0 Å². The zero-order valence-electron chi connectivity index (χ0n) is 20.9. The standard InChI is InChI=1S/C27H42N2O4S/c1-3-5-6-7-8-9-10-11-15-24-17-19-25(20-18-24)28-34(31,32)26(27(30)33-4-2)16-14-23-29-21-12-13-22-29/h14,16-20,23,28H,3-13,15,21-22H2,1-2H3. The van der Waals surface area contributed by atoms with Gasteiger partial charge in [-0.25, -0.2) is 13.2 Å². The fourth-order valence-electron chi connectivity index (χ4n) is 4.02. The molecule has 0 atom stereocenters. The second-order valence-corrected chi connectivity index (χ2v) is 10.5. The molecule has 0 saturated carbocycles. The van der Waals surface area contributed by atoms with Crippen molar-refractivity contribution in [3.8, 4) is 0 Å². The van der Waals surface area contributed by atoms with Gasteiger partial charge in [-0.15, -0.1) is 0 Å². The van der Waals surface area contributed by atoms with E-state index in [1.165, 1.54) is 56.6 Å². The van der Waals surface area contributed by atoms with Crippen molar-refractivity contribution >= 4 is 21.7 Å². The van der Waals surface area contributed by atoms with E-state index >= 15 is 0 Å². The van der Waals surface area contributed by atoms with Crippen molar-refractivity contribution in [3.63, 3.8) is 0 Å². The number of esters is 1. The third kappa shape index (κ3) is 10.3. The van der Waals surface area contributed by atoms with Crippen LogP contribution in [0, 0.1) is 0 Å². The number of sulfonamides is 1. The second-order valence-electron chi connectivity index (χ2n) is 8.86. The van der Waals surface area contributed by atoms with Crippen LogP contribution in [-0.2, 0) is 26.0 Å². The Bertz CT molecular complexity index is 886. The van der Waals surface area contributed by atoms with Gasteiger partial charge >= 0.3 is 5.97 Å². The van der Waals surface area contributed by atoms with Gasteiger partial charge in [0, 0.05) is 18.8 Å². The molecule has 7 heteroatoms. The van der Waals surface area contributed by atoms with E-state index in [1.807, 2.05) is 18.3 Å². The Kier molecular flexibility index (Phi) is 12.8. The molecule has 1 aromatic rings. The first kappa shape index (κ1) is 28.0. The Labute approximate surface area is 206 Å². The molecule has 6 nitrogen and oxygen atoms in total. The molecule has 1 fully saturated rings. The minimum Gasteiger partial charge on any atom is -0.462 e. The number of nitrogens with one attached hydrogen (secondary N) is 1. The van der Waals surface area contributed by atoms with Crippen LogP contribution < -0.4 is 4.72 Å². The largest absolute Gasteiger partial charge is 0.462 e. The first-order valence-corrected chi connectivity index (χ1v) is 14.4. The number of unbranched alkanes of at least 4 members (excludes halogenated alkanes) is 7. The number of rotatable bonds is 16. The second kappa shape index (κ2) is 15.6. The number of hydrogen-bond donors (Lipinski definition) is 1. The maximum absolute atomic E-state index is 12.9. The first-order valence-electron chi connectivity index (χ1n) is 12.9. The molecule has 0 aromatic heterocycles. The Hall–Kier alpha value is -2.28. The average molecular weight is 491 g/mol. The number of likely N-dealkylation sites (tertiary alicyclic amines) is 1. The number of anilines is 1. The van der Waals surface area contributed by atoms with Crippen molar-refractivity contribution in [2.75, 3.05) is 24.4 Å². The summed E-state index contributed by atoms with van der Waals surface area (Å²) in [5.41, 5.74) is 1.61. The van der Waals surface area contributed by atoms with Gasteiger partial charge in [-0.2, -0.15) is 0 Å². The predicted molar refractivity (Wildman–Crippen MR) is 140 cm³/mol. The summed E-state index contributed by atoms with van der Waals surface area (Å²) in [6.45, 7) is 5.88. The number of ether oxygens (including phenoxy) is 1. The Morgan fingerprint density at radius 2 is 1.59 bits per heavy atom. The lowest BCUT2D eigenvalue weighted by Crippen LogP contribution is -2.22. The van der Waals surface area contributed by atoms with Crippen molar-refractivity contribution in [2.45, 2.75) is 84.5 Å². The summed E-state index contributed by atoms with van der Waals surface area (Å²) in [7, 11) is -4.07. The fourth-order valence-corrected chi connectivity index (χ4v) is 5.12. The Morgan fingerprint density at radius 1 is 0.971 bits per heavy atom. The molecule has 0 amide bonds. The van der Waals surface area contributed by atoms with E-state index in [1.54, 1.807) is 25.1 Å². The highest BCUT2D eigenvalue weighted by Gasteiger charge is 2.26. The van der Waals surface area contributed by atoms with Crippen LogP contribution in [0.1, 0.15) is 83.6 Å². The van der Waals surface area contributed by atoms with Gasteiger partial charge in [0.15, 0.2) is 4.91 Å². The van der Waals surface area contributed by atoms with Gasteiger partial charge < -0.3 is 9.64 Å². The molecule has 1 aromatic carbocycles. The molecule has 34 heavy (non-hydrogen) atoms. The van der Waals surface area contributed by atoms with Gasteiger partial charge in [0.25, 0.3) is 10.0 Å². The van der Waals surface area contributed by atoms with Crippen molar-refractivity contribution in [1.82, 2.24) is 4.90 Å². The summed E-state index contributed by atoms with van der Waals surface area (Å²) in [6.07, 6.45) is 18.2. The SMILES string of the molecule is CCCCCCCCCCc1ccc(NS(=O)(=O)C(=CC=CN2CCCC2)C(=O)OCC)cc1. The maximum atomic E-state index is 12.9. The molecule has 0 aliphatic carbocycles. The minimum absolute atomic E-state index is 0.106. The fraction of sp³-hybridized carbons (Fsp3) is 0.593. The predicted octanol–water partition coefficient (Wildman–Crippen LogP) is 6.17. The summed E-state index contributed by atoms with van der Waals surface area (Å²) in [5, 5.41) is 0. The number of nitrogens with zero attached hydrogens (tertiary/aromatic N) is 1. The van der Waals surface area contributed by atoms with Crippen LogP contribution in [0.3, 0.4) is 0 Å². The Balaban J connectivity index is 1.90. The highest BCUT2D eigenvalue weighted by molar-refractivity contribution is 7.97. The van der Waals surface area contributed by atoms with Crippen LogP contribution in [0.4, 0.5) is 5.69 Å². The van der Waals surface area contributed by atoms with Gasteiger partial charge in [-0.1, -0.05) is 64.0 Å². The van der Waals surface area contributed by atoms with E-state index in [9.17, 15) is 13.2 Å². The van der Waals surface area contributed by atoms with Crippen molar-refractivity contribution in [2.24, 2.45) is 0 Å². The number of carbonyl (C=O) groups is 1. The average Bonchev–Trinajstić information content (AvgIpc) is 3.33. The molecule has 190 valence electrons. The lowest BCUT2D eigenvalue weighted by Gasteiger charge is -2.12. The number of carbonyl (C=O) groups excluding carboxylic acids is 1. The summed E-state index contributed by atoms with van der Waals surface area (Å²) in [6, 6.07) is 7.39. The van der Waals surface area contributed by atoms with Crippen LogP contribution in [0.15, 0.2) is 47.5 Å². The highest BCUT2D eigenvalue weighted by Crippen LogP contribution is 2.19. The van der Waals surface area contributed by atoms with Gasteiger partial charge in [-0.3, -0.25) is 4.72 Å². The maximum Gasteiger partial charge on any atom is 0.351 e. The molecule has 1 aliphatic rings. The molecular weight excluding hydrogens is 448 g/mol. The van der Waals surface area contributed by atoms with Gasteiger partial charge in [0.05, 0.1) is 6.61 Å². The number of benzene rings is 1. The number of allylic oxidation sites excluding steroid dienone is 2. The molecule has 0 spiro atoms. The summed E-state index contributed by atoms with van der Waals surface area (Å²) in [5.74, 6) is -0.854. The van der Waals surface area contributed by atoms with E-state index in [4.69, 9.17) is 4.74 Å². The lowest BCUT2D eigenvalue weighted by molar-refractivity contribution is -0.137. The molecule has 1 heterocycles. The van der Waals surface area contributed by atoms with Crippen LogP contribution in [0.5, 0.6) is 0 Å². The topological polar surface area (TPSA) is 75.7 Å². The van der Waals surface area contributed by atoms with Gasteiger partial charge in [-0.05, 0) is 68.7 Å². The zero-order chi connectivity index (χ0) is 24.7. The molecule has 1 aliphatic heterocycles. The van der Waals surface area contributed by atoms with Crippen molar-refractivity contribution < 1.29 is 17.9 Å². The van der Waals surface area contributed by atoms with E-state index in [-0.39, 0.29) is 6.61 Å². The Morgan fingerprint density at radius 3 is 2.21 bits per heavy atom. The van der Waals surface area contributed by atoms with Crippen molar-refractivity contribution in [3.05, 3.63) is 53.1 Å². The van der Waals surface area contributed by atoms with E-state index < -0.39 is 20.9 Å². The molecule has 0 bridgehead atoms. The molecule has 1 saturated heterocycles. The third-order valence-corrected chi connectivity index (χ3v) is 7.36. The van der Waals surface area contributed by atoms with E-state index in [2.05, 4.69) is 16.5 Å². The quantitative estimate of drug-likeness (QED) is 0.130. The van der Waals surface area contributed by atoms with E-state index in [0.29, 0.717) is 5.69 Å². The summed E-state index contributed by atoms with van der Waals surface area (Å²) in [4.78, 5) is 14.1. The van der Waals surface area contributed by atoms with Crippen LogP contribution in [0.25, 0.3) is 0 Å². The molecule has 1 N–H and O–H groups in total. The molecule has 0 unspecified atom stereocenters. The normalized spacial score (nSPS) is 14.6. The number of aryl methyl sites for hydroxylation is 1. The van der Waals surface area contributed by atoms with Crippen LogP contribution in [0.2, 0.25) is 0 Å². The van der Waals surface area contributed by atoms with Crippen molar-refractivity contribution in [1.29, 1.82) is 0 Å². The zero-order valence-corrected chi connectivity index (χ0v) is 21.7. The smallest absolute Gasteiger partial charge is 0.351 e. The van der Waals surface area contributed by atoms with Gasteiger partial charge in [0.2, 0.25) is 0 Å². The first-order chi connectivity index (χ1) is 16.5. The highest BCUT2D eigenvalue weighted by atomic mass is 32.2. The third-order valence-electron chi connectivity index (χ3n) is 5.98. The summed E-state index contributed by atoms with van der Waals surface area (Å²) >= 11 is 0. The lowest BCUT2D eigenvalue weighted by atomic mass is 10.0. The van der Waals surface area contributed by atoms with Crippen LogP contribution >= 0.6 is 0 Å². The number of hydrogen-bond acceptors (Lipinski definition) is 5. The van der Waals surface area contributed by atoms with Crippen LogP contribution in [-0.4, -0.2) is 39.0 Å². The summed E-state index contributed by atoms with van der Waals surface area (Å²) < 4.78 is 33.4. The monoisotopic (exact) mass is 490 g/mol.